The smallest absolute Gasteiger partial charge is 0.401 e. The lowest BCUT2D eigenvalue weighted by Gasteiger charge is -2.34. The topological polar surface area (TPSA) is 56.7 Å². The third-order valence-electron chi connectivity index (χ3n) is 3.03. The first-order valence-corrected chi connectivity index (χ1v) is 6.82. The summed E-state index contributed by atoms with van der Waals surface area (Å²) < 4.78 is 36.8. The van der Waals surface area contributed by atoms with Gasteiger partial charge in [-0.05, 0) is 6.92 Å². The second-order valence-electron chi connectivity index (χ2n) is 4.58. The third-order valence-corrected chi connectivity index (χ3v) is 4.07. The fourth-order valence-corrected chi connectivity index (χ4v) is 3.02. The average molecular weight is 309 g/mol. The molecule has 0 radical (unpaired) electrons. The van der Waals surface area contributed by atoms with E-state index in [4.69, 9.17) is 5.11 Å². The highest BCUT2D eigenvalue weighted by Gasteiger charge is 2.32. The molecule has 112 valence electrons. The van der Waals surface area contributed by atoms with Crippen LogP contribution in [-0.2, 0) is 0 Å². The number of aromatic carboxylic acids is 1. The Morgan fingerprint density at radius 1 is 1.35 bits per heavy atom. The molecule has 1 aromatic heterocycles. The van der Waals surface area contributed by atoms with Crippen LogP contribution >= 0.6 is 11.3 Å². The van der Waals surface area contributed by atoms with Crippen molar-refractivity contribution in [2.45, 2.75) is 13.1 Å². The van der Waals surface area contributed by atoms with Gasteiger partial charge in [-0.1, -0.05) is 0 Å². The lowest BCUT2D eigenvalue weighted by Crippen LogP contribution is -2.49. The number of rotatable bonds is 3. The number of piperazine rings is 1. The van der Waals surface area contributed by atoms with Gasteiger partial charge < -0.3 is 10.0 Å². The number of aryl methyl sites for hydroxylation is 1. The molecule has 20 heavy (non-hydrogen) atoms. The number of thiazole rings is 1. The molecule has 1 fully saturated rings. The highest BCUT2D eigenvalue weighted by atomic mass is 32.1. The second-order valence-corrected chi connectivity index (χ2v) is 5.77. The largest absolute Gasteiger partial charge is 0.476 e. The summed E-state index contributed by atoms with van der Waals surface area (Å²) in [6.07, 6.45) is -4.18. The van der Waals surface area contributed by atoms with Gasteiger partial charge in [-0.15, -0.1) is 11.3 Å². The first-order valence-electron chi connectivity index (χ1n) is 6.01. The normalized spacial score (nSPS) is 17.5. The van der Waals surface area contributed by atoms with Crippen LogP contribution in [0.4, 0.5) is 18.3 Å². The molecule has 0 amide bonds. The summed E-state index contributed by atoms with van der Waals surface area (Å²) in [5, 5.41) is 9.50. The molecule has 0 unspecified atom stereocenters. The van der Waals surface area contributed by atoms with Gasteiger partial charge in [0.05, 0.1) is 6.54 Å². The highest BCUT2D eigenvalue weighted by Crippen LogP contribution is 2.27. The van der Waals surface area contributed by atoms with Gasteiger partial charge in [0.1, 0.15) is 0 Å². The van der Waals surface area contributed by atoms with Gasteiger partial charge in [-0.3, -0.25) is 4.90 Å². The summed E-state index contributed by atoms with van der Waals surface area (Å²) in [7, 11) is 0. The van der Waals surface area contributed by atoms with E-state index >= 15 is 0 Å². The minimum atomic E-state index is -4.18. The van der Waals surface area contributed by atoms with E-state index in [1.807, 2.05) is 4.90 Å². The van der Waals surface area contributed by atoms with Gasteiger partial charge in [0.25, 0.3) is 0 Å². The number of anilines is 1. The summed E-state index contributed by atoms with van der Waals surface area (Å²) >= 11 is 1.26. The van der Waals surface area contributed by atoms with Crippen molar-refractivity contribution < 1.29 is 23.1 Å². The molecule has 1 aromatic rings. The second kappa shape index (κ2) is 5.57. The molecule has 1 aliphatic rings. The molecule has 1 N–H and O–H groups in total. The first-order chi connectivity index (χ1) is 9.26. The molecule has 2 heterocycles. The standard InChI is InChI=1S/C11H14F3N3O2S/c1-7-8(9(18)19)15-10(20-7)17-4-2-16(3-5-17)6-11(12,13)14/h2-6H2,1H3,(H,18,19). The quantitative estimate of drug-likeness (QED) is 0.923. The molecule has 0 saturated carbocycles. The third kappa shape index (κ3) is 3.60. The SMILES string of the molecule is Cc1sc(N2CCN(CC(F)(F)F)CC2)nc1C(=O)O. The van der Waals surface area contributed by atoms with Gasteiger partial charge >= 0.3 is 12.1 Å². The Kier molecular flexibility index (Phi) is 4.19. The minimum absolute atomic E-state index is 0.0164. The number of carboxylic acid groups (broad SMARTS) is 1. The predicted molar refractivity (Wildman–Crippen MR) is 68.5 cm³/mol. The Morgan fingerprint density at radius 3 is 2.40 bits per heavy atom. The maximum absolute atomic E-state index is 12.3. The van der Waals surface area contributed by atoms with Crippen molar-refractivity contribution in [2.24, 2.45) is 0 Å². The summed E-state index contributed by atoms with van der Waals surface area (Å²) in [4.78, 5) is 18.7. The van der Waals surface area contributed by atoms with Gasteiger partial charge in [0.2, 0.25) is 0 Å². The summed E-state index contributed by atoms with van der Waals surface area (Å²) in [5.74, 6) is -1.08. The van der Waals surface area contributed by atoms with Crippen LogP contribution in [-0.4, -0.2) is 59.9 Å². The molecule has 0 bridgehead atoms. The van der Waals surface area contributed by atoms with Gasteiger partial charge in [0, 0.05) is 31.1 Å². The van der Waals surface area contributed by atoms with E-state index in [1.165, 1.54) is 16.2 Å². The van der Waals surface area contributed by atoms with Crippen molar-refractivity contribution >= 4 is 22.4 Å². The Morgan fingerprint density at radius 2 is 1.95 bits per heavy atom. The molecule has 1 saturated heterocycles. The number of nitrogens with zero attached hydrogens (tertiary/aromatic N) is 3. The number of carboxylic acids is 1. The number of aromatic nitrogens is 1. The molecule has 2 rings (SSSR count). The number of hydrogen-bond acceptors (Lipinski definition) is 5. The summed E-state index contributed by atoms with van der Waals surface area (Å²) in [5.41, 5.74) is 0.0164. The number of hydrogen-bond donors (Lipinski definition) is 1. The summed E-state index contributed by atoms with van der Waals surface area (Å²) in [6, 6.07) is 0. The lowest BCUT2D eigenvalue weighted by atomic mass is 10.3. The first kappa shape index (κ1) is 15.0. The van der Waals surface area contributed by atoms with Crippen LogP contribution < -0.4 is 4.90 Å². The maximum atomic E-state index is 12.3. The van der Waals surface area contributed by atoms with Crippen LogP contribution in [0.3, 0.4) is 0 Å². The van der Waals surface area contributed by atoms with Crippen molar-refractivity contribution in [3.05, 3.63) is 10.6 Å². The maximum Gasteiger partial charge on any atom is 0.401 e. The van der Waals surface area contributed by atoms with Crippen LogP contribution in [0.25, 0.3) is 0 Å². The van der Waals surface area contributed by atoms with Crippen molar-refractivity contribution in [3.8, 4) is 0 Å². The number of alkyl halides is 3. The van der Waals surface area contributed by atoms with E-state index in [0.717, 1.165) is 0 Å². The van der Waals surface area contributed by atoms with Crippen molar-refractivity contribution in [1.29, 1.82) is 0 Å². The fraction of sp³-hybridized carbons (Fsp3) is 0.636. The van der Waals surface area contributed by atoms with Crippen molar-refractivity contribution in [3.63, 3.8) is 0 Å². The van der Waals surface area contributed by atoms with E-state index in [0.29, 0.717) is 36.2 Å². The average Bonchev–Trinajstić information content (AvgIpc) is 2.70. The number of halogens is 3. The van der Waals surface area contributed by atoms with Crippen LogP contribution in [0.1, 0.15) is 15.4 Å². The zero-order valence-corrected chi connectivity index (χ0v) is 11.6. The molecular weight excluding hydrogens is 295 g/mol. The monoisotopic (exact) mass is 309 g/mol. The fourth-order valence-electron chi connectivity index (χ4n) is 2.07. The summed E-state index contributed by atoms with van der Waals surface area (Å²) in [6.45, 7) is 2.19. The zero-order valence-electron chi connectivity index (χ0n) is 10.8. The van der Waals surface area contributed by atoms with Gasteiger partial charge in [-0.2, -0.15) is 13.2 Å². The lowest BCUT2D eigenvalue weighted by molar-refractivity contribution is -0.146. The molecular formula is C11H14F3N3O2S. The van der Waals surface area contributed by atoms with Crippen LogP contribution in [0.2, 0.25) is 0 Å². The Bertz CT molecular complexity index is 496. The van der Waals surface area contributed by atoms with Gasteiger partial charge in [-0.25, -0.2) is 9.78 Å². The minimum Gasteiger partial charge on any atom is -0.476 e. The molecule has 9 heteroatoms. The Hall–Kier alpha value is -1.35. The molecule has 0 atom stereocenters. The van der Waals surface area contributed by atoms with E-state index in [2.05, 4.69) is 4.98 Å². The molecule has 1 aliphatic heterocycles. The van der Waals surface area contributed by atoms with E-state index in [1.54, 1.807) is 6.92 Å². The Balaban J connectivity index is 1.97. The van der Waals surface area contributed by atoms with Crippen LogP contribution in [0, 0.1) is 6.92 Å². The molecule has 0 spiro atoms. The molecule has 5 nitrogen and oxygen atoms in total. The Labute approximate surface area is 117 Å². The number of carbonyl (C=O) groups is 1. The molecule has 0 aliphatic carbocycles. The van der Waals surface area contributed by atoms with E-state index in [9.17, 15) is 18.0 Å². The van der Waals surface area contributed by atoms with Gasteiger partial charge in [0.15, 0.2) is 10.8 Å². The van der Waals surface area contributed by atoms with Crippen molar-refractivity contribution in [1.82, 2.24) is 9.88 Å². The van der Waals surface area contributed by atoms with Crippen LogP contribution in [0.15, 0.2) is 0 Å². The van der Waals surface area contributed by atoms with E-state index < -0.39 is 18.7 Å². The van der Waals surface area contributed by atoms with Crippen molar-refractivity contribution in [2.75, 3.05) is 37.6 Å². The van der Waals surface area contributed by atoms with E-state index in [-0.39, 0.29) is 5.69 Å². The zero-order chi connectivity index (χ0) is 14.9. The highest BCUT2D eigenvalue weighted by molar-refractivity contribution is 7.15. The van der Waals surface area contributed by atoms with Crippen LogP contribution in [0.5, 0.6) is 0 Å². The predicted octanol–water partition coefficient (Wildman–Crippen LogP) is 1.83. The molecule has 0 aromatic carbocycles.